The molecule has 0 spiro atoms. The van der Waals surface area contributed by atoms with E-state index in [1.807, 2.05) is 0 Å². The van der Waals surface area contributed by atoms with Gasteiger partial charge in [0.2, 0.25) is 15.5 Å². The van der Waals surface area contributed by atoms with Crippen molar-refractivity contribution >= 4 is 97.1 Å². The van der Waals surface area contributed by atoms with Crippen molar-refractivity contribution in [1.82, 2.24) is 0 Å². The van der Waals surface area contributed by atoms with Gasteiger partial charge in [-0.2, -0.15) is 47.3 Å². The molecule has 15 heteroatoms. The smallest absolute Gasteiger partial charge is 0.857 e. The van der Waals surface area contributed by atoms with Gasteiger partial charge in [-0.25, -0.2) is 34.4 Å². The van der Waals surface area contributed by atoms with E-state index in [2.05, 4.69) is 81.7 Å². The summed E-state index contributed by atoms with van der Waals surface area (Å²) in [5.41, 5.74) is 0. The summed E-state index contributed by atoms with van der Waals surface area (Å²) in [7, 11) is 0. The van der Waals surface area contributed by atoms with Crippen LogP contribution in [0.15, 0.2) is 0 Å². The summed E-state index contributed by atoms with van der Waals surface area (Å²) in [6, 6.07) is 0. The van der Waals surface area contributed by atoms with E-state index >= 15 is 0 Å². The molecule has 0 N–H and O–H groups in total. The van der Waals surface area contributed by atoms with Gasteiger partial charge >= 0.3 is 56.6 Å². The molecule has 0 heterocycles. The van der Waals surface area contributed by atoms with Crippen LogP contribution in [-0.4, -0.2) is 15.5 Å². The summed E-state index contributed by atoms with van der Waals surface area (Å²) in [6.07, 6.45) is 0. The van der Waals surface area contributed by atoms with E-state index in [1.54, 1.807) is 0 Å². The monoisotopic (exact) mass is 444 g/mol. The van der Waals surface area contributed by atoms with Crippen LogP contribution in [0.2, 0.25) is 0 Å². The van der Waals surface area contributed by atoms with E-state index in [0.29, 0.717) is 0 Å². The molecule has 0 aliphatic heterocycles. The number of hydrogen-bond acceptors (Lipinski definition) is 3. The third-order valence-electron chi connectivity index (χ3n) is 0. The van der Waals surface area contributed by atoms with Crippen molar-refractivity contribution in [3.8, 4) is 0 Å². The molecule has 0 rings (SSSR count). The molecule has 0 aromatic carbocycles. The van der Waals surface area contributed by atoms with Gasteiger partial charge in [-0.15, -0.1) is 0 Å². The van der Waals surface area contributed by atoms with Crippen molar-refractivity contribution < 1.29 is 71.7 Å². The van der Waals surface area contributed by atoms with Gasteiger partial charge in [0.25, 0.3) is 0 Å². The maximum Gasteiger partial charge on any atom is 1.00 e. The Morgan fingerprint density at radius 2 is 0.600 bits per heavy atom. The van der Waals surface area contributed by atoms with Crippen LogP contribution in [0.25, 0.3) is 0 Å². The normalized spacial score (nSPS) is 5.40. The fraction of sp³-hybridized carbons (Fsp3) is 0. The molecule has 0 aliphatic carbocycles. The molecule has 0 aromatic heterocycles. The van der Waals surface area contributed by atoms with Crippen molar-refractivity contribution in [2.75, 3.05) is 0 Å². The molecule has 0 saturated heterocycles. The van der Waals surface area contributed by atoms with Crippen LogP contribution in [0, 0.1) is 0 Å². The molecule has 0 aromatic rings. The molecule has 0 amide bonds. The molecule has 3 nitrogen and oxygen atoms in total. The van der Waals surface area contributed by atoms with Crippen LogP contribution in [0.4, 0.5) is 0 Å². The molecule has 0 bridgehead atoms. The Morgan fingerprint density at radius 3 is 0.600 bits per heavy atom. The first-order valence-corrected chi connectivity index (χ1v) is 6.07. The van der Waals surface area contributed by atoms with Gasteiger partial charge in [0.1, 0.15) is 0 Å². The number of rotatable bonds is 0. The van der Waals surface area contributed by atoms with Crippen LogP contribution < -0.4 is 71.7 Å². The average molecular weight is 447 g/mol. The van der Waals surface area contributed by atoms with Crippen LogP contribution >= 0.6 is 81.7 Å². The van der Waals surface area contributed by atoms with E-state index in [0.717, 1.165) is 0 Å². The first-order valence-electron chi connectivity index (χ1n) is 2.02. The fourth-order valence-electron chi connectivity index (χ4n) is 0. The third-order valence-corrected chi connectivity index (χ3v) is 0. The minimum absolute atomic E-state index is 0. The Hall–Kier alpha value is 4.18. The molecule has 0 saturated carbocycles. The predicted octanol–water partition coefficient (Wildman–Crippen LogP) is -9.09. The average Bonchev–Trinajstić information content (AvgIpc) is 1.54. The second-order valence-corrected chi connectivity index (χ2v) is 6.05. The van der Waals surface area contributed by atoms with Crippen LogP contribution in [-0.2, 0) is 0 Å². The van der Waals surface area contributed by atoms with Crippen molar-refractivity contribution in [2.24, 2.45) is 0 Å². The van der Waals surface area contributed by atoms with Gasteiger partial charge < -0.3 is 15.1 Å². The van der Waals surface area contributed by atoms with E-state index in [-0.39, 0.29) is 56.6 Å². The predicted molar refractivity (Wildman–Crippen MR) is 61.6 cm³/mol. The van der Waals surface area contributed by atoms with Crippen molar-refractivity contribution in [3.05, 3.63) is 0 Å². The van der Waals surface area contributed by atoms with Crippen LogP contribution in [0.1, 0.15) is 0 Å². The van der Waals surface area contributed by atoms with Gasteiger partial charge in [-0.05, 0) is 0 Å². The minimum Gasteiger partial charge on any atom is -0.857 e. The zero-order chi connectivity index (χ0) is 10.7. The second-order valence-electron chi connectivity index (χ2n) is 0.782. The van der Waals surface area contributed by atoms with E-state index < -0.39 is 15.5 Å². The maximum absolute atomic E-state index is 9.21. The summed E-state index contributed by atoms with van der Waals surface area (Å²) < 4.78 is 0. The Balaban J connectivity index is -0.0000000184. The fourth-order valence-corrected chi connectivity index (χ4v) is 0. The van der Waals surface area contributed by atoms with Gasteiger partial charge in [0, 0.05) is 0 Å². The maximum atomic E-state index is 9.21. The SMILES string of the molecule is [Li+].[Li+].[Li+].[O-]B(Cl)Br.[O-]B(Cl)Br.[O-]B(Cl)Br. The van der Waals surface area contributed by atoms with E-state index in [1.165, 1.54) is 0 Å². The molecule has 0 unspecified atom stereocenters. The Bertz CT molecular complexity index is 63.4. The van der Waals surface area contributed by atoms with Crippen molar-refractivity contribution in [3.63, 3.8) is 0 Å². The summed E-state index contributed by atoms with van der Waals surface area (Å²) in [5, 5.41) is 24.2. The third kappa shape index (κ3) is 273. The molecule has 72 valence electrons. The Labute approximate surface area is 166 Å². The molecule has 15 heavy (non-hydrogen) atoms. The number of hydrogen-bond donors (Lipinski definition) is 0. The Kier molecular flexibility index (Phi) is 75.1. The van der Waals surface area contributed by atoms with Gasteiger partial charge in [-0.1, -0.05) is 0 Å². The molecule has 0 aliphatic rings. The standard InChI is InChI=1S/3BBrClO.3Li/c3*2-1(3)4;;;/q3*-1;3*+1. The first kappa shape index (κ1) is 36.5. The first-order chi connectivity index (χ1) is 5.20. The summed E-state index contributed by atoms with van der Waals surface area (Å²) in [4.78, 5) is 0. The molecule has 0 radical (unpaired) electrons. The Morgan fingerprint density at radius 1 is 0.600 bits per heavy atom. The van der Waals surface area contributed by atoms with Crippen LogP contribution in [0.5, 0.6) is 0 Å². The van der Waals surface area contributed by atoms with Crippen LogP contribution in [0.3, 0.4) is 0 Å². The number of halogens is 6. The zero-order valence-electron chi connectivity index (χ0n) is 8.22. The molecular formula is B3Br3Cl3Li3O3. The molecular weight excluding hydrogens is 447 g/mol. The summed E-state index contributed by atoms with van der Waals surface area (Å²) in [6.45, 7) is 0. The largest absolute Gasteiger partial charge is 1.00 e. The van der Waals surface area contributed by atoms with Gasteiger partial charge in [-0.3, -0.25) is 0 Å². The molecule has 0 atom stereocenters. The topological polar surface area (TPSA) is 69.2 Å². The summed E-state index contributed by atoms with van der Waals surface area (Å²) in [5.74, 6) is 0. The minimum atomic E-state index is -1.13. The van der Waals surface area contributed by atoms with Crippen molar-refractivity contribution in [2.45, 2.75) is 0 Å². The van der Waals surface area contributed by atoms with Gasteiger partial charge in [0.05, 0.1) is 0 Å². The molecule has 0 fully saturated rings. The van der Waals surface area contributed by atoms with E-state index in [4.69, 9.17) is 0 Å². The summed E-state index contributed by atoms with van der Waals surface area (Å²) >= 11 is 21.3. The van der Waals surface area contributed by atoms with Gasteiger partial charge in [0.15, 0.2) is 0 Å². The van der Waals surface area contributed by atoms with E-state index in [9.17, 15) is 15.1 Å². The quantitative estimate of drug-likeness (QED) is 0.347. The zero-order valence-corrected chi connectivity index (χ0v) is 15.3. The van der Waals surface area contributed by atoms with Crippen molar-refractivity contribution in [1.29, 1.82) is 0 Å². The second kappa shape index (κ2) is 30.9.